The summed E-state index contributed by atoms with van der Waals surface area (Å²) < 4.78 is 5.45. The third-order valence-corrected chi connectivity index (χ3v) is 3.30. The summed E-state index contributed by atoms with van der Waals surface area (Å²) in [5, 5.41) is 9.80. The molecule has 1 fully saturated rings. The molecule has 4 nitrogen and oxygen atoms in total. The first kappa shape index (κ1) is 13.9. The zero-order chi connectivity index (χ0) is 12.0. The van der Waals surface area contributed by atoms with Crippen molar-refractivity contribution in [1.29, 1.82) is 0 Å². The molecule has 1 aliphatic heterocycles. The molecule has 1 rings (SSSR count). The highest BCUT2D eigenvalue weighted by molar-refractivity contribution is 4.75. The minimum atomic E-state index is -0.725. The molecule has 3 N–H and O–H groups in total. The monoisotopic (exact) mass is 230 g/mol. The van der Waals surface area contributed by atoms with Crippen LogP contribution in [0.25, 0.3) is 0 Å². The Morgan fingerprint density at radius 3 is 2.88 bits per heavy atom. The van der Waals surface area contributed by atoms with Crippen LogP contribution in [-0.4, -0.2) is 55.5 Å². The van der Waals surface area contributed by atoms with Gasteiger partial charge in [0.25, 0.3) is 0 Å². The fourth-order valence-corrected chi connectivity index (χ4v) is 2.02. The van der Waals surface area contributed by atoms with Crippen LogP contribution < -0.4 is 5.73 Å². The zero-order valence-electron chi connectivity index (χ0n) is 10.6. The lowest BCUT2D eigenvalue weighted by Gasteiger charge is -2.29. The summed E-state index contributed by atoms with van der Waals surface area (Å²) in [5.41, 5.74) is 4.76. The Morgan fingerprint density at radius 2 is 2.31 bits per heavy atom. The first-order valence-electron chi connectivity index (χ1n) is 6.22. The maximum absolute atomic E-state index is 9.80. The molecule has 0 saturated carbocycles. The molecule has 1 saturated heterocycles. The predicted molar refractivity (Wildman–Crippen MR) is 65.3 cm³/mol. The Labute approximate surface area is 98.8 Å². The van der Waals surface area contributed by atoms with Crippen LogP contribution in [0.1, 0.15) is 26.2 Å². The quantitative estimate of drug-likeness (QED) is 0.695. The number of ether oxygens (including phenoxy) is 1. The zero-order valence-corrected chi connectivity index (χ0v) is 10.6. The SMILES string of the molecule is CN(CCC(C)(O)CN)CC1CCCOC1. The minimum Gasteiger partial charge on any atom is -0.389 e. The molecule has 0 aromatic rings. The molecule has 1 heterocycles. The third-order valence-electron chi connectivity index (χ3n) is 3.30. The van der Waals surface area contributed by atoms with Crippen LogP contribution in [0.4, 0.5) is 0 Å². The van der Waals surface area contributed by atoms with Crippen molar-refractivity contribution in [2.75, 3.05) is 39.9 Å². The average molecular weight is 230 g/mol. The van der Waals surface area contributed by atoms with Crippen molar-refractivity contribution in [3.8, 4) is 0 Å². The van der Waals surface area contributed by atoms with Crippen LogP contribution in [0.3, 0.4) is 0 Å². The Kier molecular flexibility index (Phi) is 5.69. The summed E-state index contributed by atoms with van der Waals surface area (Å²) in [5.74, 6) is 0.654. The summed E-state index contributed by atoms with van der Waals surface area (Å²) in [4.78, 5) is 2.27. The van der Waals surface area contributed by atoms with Crippen molar-refractivity contribution >= 4 is 0 Å². The van der Waals surface area contributed by atoms with Gasteiger partial charge in [-0.25, -0.2) is 0 Å². The number of hydrogen-bond donors (Lipinski definition) is 2. The van der Waals surface area contributed by atoms with E-state index in [9.17, 15) is 5.11 Å². The van der Waals surface area contributed by atoms with E-state index >= 15 is 0 Å². The van der Waals surface area contributed by atoms with Crippen molar-refractivity contribution in [2.24, 2.45) is 11.7 Å². The molecule has 2 atom stereocenters. The van der Waals surface area contributed by atoms with Crippen LogP contribution in [0, 0.1) is 5.92 Å². The summed E-state index contributed by atoms with van der Waals surface area (Å²) >= 11 is 0. The van der Waals surface area contributed by atoms with Gasteiger partial charge in [-0.1, -0.05) is 0 Å². The molecule has 0 radical (unpaired) electrons. The lowest BCUT2D eigenvalue weighted by atomic mass is 10.00. The van der Waals surface area contributed by atoms with Gasteiger partial charge in [-0.05, 0) is 39.2 Å². The second kappa shape index (κ2) is 6.55. The van der Waals surface area contributed by atoms with Crippen molar-refractivity contribution < 1.29 is 9.84 Å². The van der Waals surface area contributed by atoms with Crippen LogP contribution in [-0.2, 0) is 4.74 Å². The van der Waals surface area contributed by atoms with E-state index in [0.29, 0.717) is 12.5 Å². The number of hydrogen-bond acceptors (Lipinski definition) is 4. The standard InChI is InChI=1S/C12H26N2O2/c1-12(15,10-13)5-6-14(2)8-11-4-3-7-16-9-11/h11,15H,3-10,13H2,1-2H3. The molecule has 1 aliphatic rings. The van der Waals surface area contributed by atoms with Gasteiger partial charge in [0, 0.05) is 26.2 Å². The van der Waals surface area contributed by atoms with Crippen molar-refractivity contribution in [2.45, 2.75) is 31.8 Å². The predicted octanol–water partition coefficient (Wildman–Crippen LogP) is 0.445. The fraction of sp³-hybridized carbons (Fsp3) is 1.00. The molecule has 0 amide bonds. The normalized spacial score (nSPS) is 25.7. The number of nitrogens with two attached hydrogens (primary N) is 1. The molecule has 4 heteroatoms. The molecule has 96 valence electrons. The molecule has 2 unspecified atom stereocenters. The first-order chi connectivity index (χ1) is 7.53. The van der Waals surface area contributed by atoms with Gasteiger partial charge in [0.1, 0.15) is 0 Å². The van der Waals surface area contributed by atoms with Gasteiger partial charge in [0.15, 0.2) is 0 Å². The molecule has 0 aromatic carbocycles. The van der Waals surface area contributed by atoms with E-state index in [1.807, 2.05) is 0 Å². The lowest BCUT2D eigenvalue weighted by Crippen LogP contribution is -2.39. The largest absolute Gasteiger partial charge is 0.389 e. The first-order valence-corrected chi connectivity index (χ1v) is 6.22. The number of rotatable bonds is 6. The number of aliphatic hydroxyl groups is 1. The van der Waals surface area contributed by atoms with E-state index in [2.05, 4.69) is 11.9 Å². The van der Waals surface area contributed by atoms with Gasteiger partial charge in [-0.3, -0.25) is 0 Å². The third kappa shape index (κ3) is 5.25. The van der Waals surface area contributed by atoms with Gasteiger partial charge < -0.3 is 20.5 Å². The smallest absolute Gasteiger partial charge is 0.0753 e. The molecular formula is C12H26N2O2. The average Bonchev–Trinajstić information content (AvgIpc) is 2.28. The van der Waals surface area contributed by atoms with E-state index < -0.39 is 5.60 Å². The van der Waals surface area contributed by atoms with Gasteiger partial charge in [-0.2, -0.15) is 0 Å². The summed E-state index contributed by atoms with van der Waals surface area (Å²) in [6.07, 6.45) is 3.17. The second-order valence-electron chi connectivity index (χ2n) is 5.30. The summed E-state index contributed by atoms with van der Waals surface area (Å²) in [6, 6.07) is 0. The van der Waals surface area contributed by atoms with E-state index in [4.69, 9.17) is 10.5 Å². The van der Waals surface area contributed by atoms with E-state index in [1.165, 1.54) is 12.8 Å². The maximum Gasteiger partial charge on any atom is 0.0753 e. The fourth-order valence-electron chi connectivity index (χ4n) is 2.02. The van der Waals surface area contributed by atoms with Crippen LogP contribution in [0.2, 0.25) is 0 Å². The van der Waals surface area contributed by atoms with Crippen LogP contribution >= 0.6 is 0 Å². The van der Waals surface area contributed by atoms with E-state index in [1.54, 1.807) is 6.92 Å². The van der Waals surface area contributed by atoms with Crippen LogP contribution in [0.15, 0.2) is 0 Å². The van der Waals surface area contributed by atoms with Gasteiger partial charge in [-0.15, -0.1) is 0 Å². The lowest BCUT2D eigenvalue weighted by molar-refractivity contribution is 0.0291. The van der Waals surface area contributed by atoms with E-state index in [-0.39, 0.29) is 0 Å². The Morgan fingerprint density at radius 1 is 1.56 bits per heavy atom. The topological polar surface area (TPSA) is 58.7 Å². The minimum absolute atomic E-state index is 0.327. The molecule has 0 bridgehead atoms. The van der Waals surface area contributed by atoms with Crippen LogP contribution in [0.5, 0.6) is 0 Å². The van der Waals surface area contributed by atoms with Crippen molar-refractivity contribution in [3.05, 3.63) is 0 Å². The Balaban J connectivity index is 2.17. The molecule has 16 heavy (non-hydrogen) atoms. The highest BCUT2D eigenvalue weighted by Gasteiger charge is 2.20. The van der Waals surface area contributed by atoms with Crippen molar-refractivity contribution in [3.63, 3.8) is 0 Å². The van der Waals surface area contributed by atoms with Crippen molar-refractivity contribution in [1.82, 2.24) is 4.90 Å². The maximum atomic E-state index is 9.80. The molecule has 0 aliphatic carbocycles. The van der Waals surface area contributed by atoms with Gasteiger partial charge in [0.05, 0.1) is 12.2 Å². The van der Waals surface area contributed by atoms with E-state index in [0.717, 1.165) is 32.7 Å². The summed E-state index contributed by atoms with van der Waals surface area (Å²) in [7, 11) is 2.10. The summed E-state index contributed by atoms with van der Waals surface area (Å²) in [6.45, 7) is 5.87. The highest BCUT2D eigenvalue weighted by atomic mass is 16.5. The second-order valence-corrected chi connectivity index (χ2v) is 5.30. The Bertz CT molecular complexity index is 191. The molecular weight excluding hydrogens is 204 g/mol. The Hall–Kier alpha value is -0.160. The number of nitrogens with zero attached hydrogens (tertiary/aromatic N) is 1. The van der Waals surface area contributed by atoms with Gasteiger partial charge >= 0.3 is 0 Å². The van der Waals surface area contributed by atoms with Gasteiger partial charge in [0.2, 0.25) is 0 Å². The molecule has 0 aromatic heterocycles. The highest BCUT2D eigenvalue weighted by Crippen LogP contribution is 2.15. The molecule has 0 spiro atoms.